The molecule has 3 nitrogen and oxygen atoms in total. The summed E-state index contributed by atoms with van der Waals surface area (Å²) in [6.45, 7) is 7.41. The van der Waals surface area contributed by atoms with E-state index in [1.165, 1.54) is 15.3 Å². The molecule has 0 radical (unpaired) electrons. The lowest BCUT2D eigenvalue weighted by atomic mass is 10.2. The van der Waals surface area contributed by atoms with Gasteiger partial charge in [-0.1, -0.05) is 11.6 Å². The number of thiophene rings is 1. The first-order valence-electron chi connectivity index (χ1n) is 5.50. The van der Waals surface area contributed by atoms with Gasteiger partial charge >= 0.3 is 0 Å². The second-order valence-electron chi connectivity index (χ2n) is 4.14. The van der Waals surface area contributed by atoms with Crippen molar-refractivity contribution < 1.29 is 0 Å². The highest BCUT2D eigenvalue weighted by Gasteiger charge is 2.11. The highest BCUT2D eigenvalue weighted by molar-refractivity contribution is 7.12. The van der Waals surface area contributed by atoms with Crippen molar-refractivity contribution in [2.24, 2.45) is 5.73 Å². The molecular weight excluding hydrogens is 254 g/mol. The normalized spacial score (nSPS) is 11.1. The van der Waals surface area contributed by atoms with Crippen LogP contribution in [0.15, 0.2) is 6.07 Å². The van der Waals surface area contributed by atoms with Gasteiger partial charge in [0.2, 0.25) is 0 Å². The lowest BCUT2D eigenvalue weighted by Gasteiger charge is -2.03. The van der Waals surface area contributed by atoms with Gasteiger partial charge in [-0.3, -0.25) is 4.68 Å². The number of hydrogen-bond donors (Lipinski definition) is 1. The van der Waals surface area contributed by atoms with Crippen molar-refractivity contribution in [1.29, 1.82) is 0 Å². The molecule has 17 heavy (non-hydrogen) atoms. The van der Waals surface area contributed by atoms with Gasteiger partial charge in [-0.2, -0.15) is 5.10 Å². The molecular formula is C12H16ClN3S. The molecule has 0 unspecified atom stereocenters. The Hall–Kier alpha value is -0.840. The van der Waals surface area contributed by atoms with E-state index in [9.17, 15) is 0 Å². The third-order valence-electron chi connectivity index (χ3n) is 2.89. The number of nitrogens with zero attached hydrogens (tertiary/aromatic N) is 2. The predicted molar refractivity (Wildman–Crippen MR) is 72.8 cm³/mol. The van der Waals surface area contributed by atoms with Crippen LogP contribution >= 0.6 is 22.9 Å². The number of halogens is 1. The molecule has 0 atom stereocenters. The van der Waals surface area contributed by atoms with Crippen LogP contribution in [0.25, 0.3) is 0 Å². The monoisotopic (exact) mass is 269 g/mol. The maximum atomic E-state index is 6.14. The number of rotatable bonds is 3. The summed E-state index contributed by atoms with van der Waals surface area (Å²) >= 11 is 7.89. The van der Waals surface area contributed by atoms with E-state index in [-0.39, 0.29) is 0 Å². The third kappa shape index (κ3) is 2.39. The summed E-state index contributed by atoms with van der Waals surface area (Å²) in [5.74, 6) is 0. The van der Waals surface area contributed by atoms with Crippen LogP contribution < -0.4 is 5.73 Å². The first kappa shape index (κ1) is 12.6. The molecule has 2 N–H and O–H groups in total. The van der Waals surface area contributed by atoms with E-state index in [0.717, 1.165) is 23.0 Å². The van der Waals surface area contributed by atoms with Crippen LogP contribution in [0.4, 0.5) is 0 Å². The second-order valence-corrected chi connectivity index (χ2v) is 5.86. The van der Waals surface area contributed by atoms with Crippen molar-refractivity contribution in [1.82, 2.24) is 9.78 Å². The Kier molecular flexibility index (Phi) is 3.56. The summed E-state index contributed by atoms with van der Waals surface area (Å²) in [7, 11) is 0. The van der Waals surface area contributed by atoms with Gasteiger partial charge in [-0.15, -0.1) is 11.3 Å². The van der Waals surface area contributed by atoms with Crippen LogP contribution in [0.2, 0.25) is 5.02 Å². The van der Waals surface area contributed by atoms with E-state index in [4.69, 9.17) is 17.3 Å². The van der Waals surface area contributed by atoms with E-state index < -0.39 is 0 Å². The zero-order valence-electron chi connectivity index (χ0n) is 10.2. The molecule has 0 aliphatic rings. The van der Waals surface area contributed by atoms with Gasteiger partial charge in [0.15, 0.2) is 0 Å². The van der Waals surface area contributed by atoms with Gasteiger partial charge in [-0.25, -0.2) is 0 Å². The fourth-order valence-corrected chi connectivity index (χ4v) is 2.90. The molecule has 92 valence electrons. The van der Waals surface area contributed by atoms with Crippen molar-refractivity contribution in [3.63, 3.8) is 0 Å². The van der Waals surface area contributed by atoms with Gasteiger partial charge in [0, 0.05) is 16.3 Å². The standard InChI is InChI=1S/C12H16ClN3S/c1-7-12(13)8(2)16(15-7)6-10-4-11(5-14)17-9(10)3/h4H,5-6,14H2,1-3H3. The van der Waals surface area contributed by atoms with Crippen molar-refractivity contribution >= 4 is 22.9 Å². The third-order valence-corrected chi connectivity index (χ3v) is 4.55. The molecule has 2 heterocycles. The van der Waals surface area contributed by atoms with Gasteiger partial charge < -0.3 is 5.73 Å². The van der Waals surface area contributed by atoms with Crippen molar-refractivity contribution in [2.45, 2.75) is 33.9 Å². The van der Waals surface area contributed by atoms with Crippen molar-refractivity contribution in [2.75, 3.05) is 0 Å². The summed E-state index contributed by atoms with van der Waals surface area (Å²) in [4.78, 5) is 2.51. The second kappa shape index (κ2) is 4.80. The van der Waals surface area contributed by atoms with Crippen LogP contribution in [0.3, 0.4) is 0 Å². The van der Waals surface area contributed by atoms with Gasteiger partial charge in [0.05, 0.1) is 23.0 Å². The molecule has 5 heteroatoms. The molecule has 0 spiro atoms. The lowest BCUT2D eigenvalue weighted by Crippen LogP contribution is -2.04. The molecule has 2 rings (SSSR count). The molecule has 0 bridgehead atoms. The average molecular weight is 270 g/mol. The summed E-state index contributed by atoms with van der Waals surface area (Å²) in [5, 5.41) is 5.20. The predicted octanol–water partition coefficient (Wildman–Crippen LogP) is 3.03. The molecule has 0 aliphatic carbocycles. The maximum Gasteiger partial charge on any atom is 0.0844 e. The van der Waals surface area contributed by atoms with E-state index in [2.05, 4.69) is 18.1 Å². The molecule has 0 aromatic carbocycles. The summed E-state index contributed by atoms with van der Waals surface area (Å²) in [6.07, 6.45) is 0. The first-order valence-corrected chi connectivity index (χ1v) is 6.70. The van der Waals surface area contributed by atoms with Crippen molar-refractivity contribution in [3.05, 3.63) is 37.8 Å². The van der Waals surface area contributed by atoms with Crippen LogP contribution in [0.1, 0.15) is 26.7 Å². The van der Waals surface area contributed by atoms with Crippen LogP contribution in [0.5, 0.6) is 0 Å². The Bertz CT molecular complexity index is 542. The lowest BCUT2D eigenvalue weighted by molar-refractivity contribution is 0.658. The zero-order chi connectivity index (χ0) is 12.6. The van der Waals surface area contributed by atoms with Crippen molar-refractivity contribution in [3.8, 4) is 0 Å². The Labute approximate surface area is 110 Å². The fourth-order valence-electron chi connectivity index (χ4n) is 1.84. The Morgan fingerprint density at radius 1 is 1.41 bits per heavy atom. The first-order chi connectivity index (χ1) is 8.02. The Morgan fingerprint density at radius 3 is 2.59 bits per heavy atom. The van der Waals surface area contributed by atoms with E-state index in [0.29, 0.717) is 6.54 Å². The fraction of sp³-hybridized carbons (Fsp3) is 0.417. The topological polar surface area (TPSA) is 43.8 Å². The molecule has 2 aromatic rings. The molecule has 0 aliphatic heterocycles. The summed E-state index contributed by atoms with van der Waals surface area (Å²) in [6, 6.07) is 2.16. The molecule has 2 aromatic heterocycles. The average Bonchev–Trinajstić information content (AvgIpc) is 2.77. The zero-order valence-corrected chi connectivity index (χ0v) is 11.8. The molecule has 0 amide bonds. The highest BCUT2D eigenvalue weighted by atomic mass is 35.5. The van der Waals surface area contributed by atoms with E-state index in [1.54, 1.807) is 11.3 Å². The minimum atomic E-state index is 0.601. The number of aromatic nitrogens is 2. The van der Waals surface area contributed by atoms with E-state index in [1.807, 2.05) is 18.5 Å². The Balaban J connectivity index is 2.31. The molecule has 0 saturated heterocycles. The van der Waals surface area contributed by atoms with Crippen LogP contribution in [-0.4, -0.2) is 9.78 Å². The summed E-state index contributed by atoms with van der Waals surface area (Å²) in [5.41, 5.74) is 8.83. The number of nitrogens with two attached hydrogens (primary N) is 1. The van der Waals surface area contributed by atoms with E-state index >= 15 is 0 Å². The largest absolute Gasteiger partial charge is 0.326 e. The van der Waals surface area contributed by atoms with Crippen LogP contribution in [0, 0.1) is 20.8 Å². The Morgan fingerprint density at radius 2 is 2.12 bits per heavy atom. The van der Waals surface area contributed by atoms with Gasteiger partial charge in [0.1, 0.15) is 0 Å². The van der Waals surface area contributed by atoms with Gasteiger partial charge in [-0.05, 0) is 32.4 Å². The maximum absolute atomic E-state index is 6.14. The van der Waals surface area contributed by atoms with Gasteiger partial charge in [0.25, 0.3) is 0 Å². The minimum absolute atomic E-state index is 0.601. The number of aryl methyl sites for hydroxylation is 2. The molecule has 0 saturated carbocycles. The van der Waals surface area contributed by atoms with Crippen LogP contribution in [-0.2, 0) is 13.1 Å². The quantitative estimate of drug-likeness (QED) is 0.931. The minimum Gasteiger partial charge on any atom is -0.326 e. The number of hydrogen-bond acceptors (Lipinski definition) is 3. The summed E-state index contributed by atoms with van der Waals surface area (Å²) < 4.78 is 1.95. The molecule has 0 fully saturated rings. The highest BCUT2D eigenvalue weighted by Crippen LogP contribution is 2.24. The smallest absolute Gasteiger partial charge is 0.0844 e. The SMILES string of the molecule is Cc1nn(Cc2cc(CN)sc2C)c(C)c1Cl.